The van der Waals surface area contributed by atoms with Crippen molar-refractivity contribution in [1.82, 2.24) is 5.32 Å². The van der Waals surface area contributed by atoms with E-state index in [1.807, 2.05) is 0 Å². The van der Waals surface area contributed by atoms with Gasteiger partial charge in [0.25, 0.3) is 5.91 Å². The van der Waals surface area contributed by atoms with Gasteiger partial charge in [-0.05, 0) is 25.8 Å². The molecule has 0 saturated carbocycles. The summed E-state index contributed by atoms with van der Waals surface area (Å²) in [6, 6.07) is 4.19. The Balaban J connectivity index is 1.82. The van der Waals surface area contributed by atoms with Crippen molar-refractivity contribution in [3.05, 3.63) is 29.6 Å². The third kappa shape index (κ3) is 4.68. The quantitative estimate of drug-likeness (QED) is 0.864. The molecule has 116 valence electrons. The van der Waals surface area contributed by atoms with E-state index in [0.29, 0.717) is 24.5 Å². The second-order valence-corrected chi connectivity index (χ2v) is 5.21. The van der Waals surface area contributed by atoms with E-state index >= 15 is 0 Å². The Labute approximate surface area is 123 Å². The number of ether oxygens (including phenoxy) is 2. The molecule has 0 bridgehead atoms. The minimum Gasteiger partial charge on any atom is -0.484 e. The Morgan fingerprint density at radius 1 is 1.52 bits per heavy atom. The maximum absolute atomic E-state index is 13.7. The molecule has 1 heterocycles. The van der Waals surface area contributed by atoms with Crippen LogP contribution in [0.4, 0.5) is 4.39 Å². The number of rotatable bonds is 5. The van der Waals surface area contributed by atoms with Crippen LogP contribution in [0.5, 0.6) is 5.75 Å². The van der Waals surface area contributed by atoms with Gasteiger partial charge in [-0.2, -0.15) is 0 Å². The molecule has 0 radical (unpaired) electrons. The van der Waals surface area contributed by atoms with Gasteiger partial charge in [0.1, 0.15) is 11.6 Å². The minimum absolute atomic E-state index is 0.131. The molecule has 6 heteroatoms. The third-order valence-electron chi connectivity index (χ3n) is 3.42. The molecule has 3 N–H and O–H groups in total. The normalized spacial score (nSPS) is 17.3. The lowest BCUT2D eigenvalue weighted by atomic mass is 10.1. The summed E-state index contributed by atoms with van der Waals surface area (Å²) in [6.45, 7) is 2.90. The van der Waals surface area contributed by atoms with Crippen molar-refractivity contribution >= 4 is 5.91 Å². The molecule has 0 aliphatic carbocycles. The van der Waals surface area contributed by atoms with E-state index in [1.54, 1.807) is 19.1 Å². The molecular formula is C15H21FN2O3. The summed E-state index contributed by atoms with van der Waals surface area (Å²) in [7, 11) is 0. The van der Waals surface area contributed by atoms with Gasteiger partial charge in [0.15, 0.2) is 6.61 Å². The van der Waals surface area contributed by atoms with Crippen molar-refractivity contribution in [2.45, 2.75) is 31.8 Å². The van der Waals surface area contributed by atoms with Crippen LogP contribution in [0.25, 0.3) is 0 Å². The predicted molar refractivity (Wildman–Crippen MR) is 76.5 cm³/mol. The number of carbonyl (C=O) groups is 1. The van der Waals surface area contributed by atoms with E-state index in [-0.39, 0.29) is 24.6 Å². The highest BCUT2D eigenvalue weighted by Gasteiger charge is 2.16. The number of carbonyl (C=O) groups excluding carboxylic acids is 1. The van der Waals surface area contributed by atoms with E-state index in [9.17, 15) is 9.18 Å². The number of hydrogen-bond acceptors (Lipinski definition) is 4. The van der Waals surface area contributed by atoms with Gasteiger partial charge in [-0.1, -0.05) is 6.07 Å². The van der Waals surface area contributed by atoms with Crippen LogP contribution in [0, 0.1) is 5.82 Å². The summed E-state index contributed by atoms with van der Waals surface area (Å²) >= 11 is 0. The van der Waals surface area contributed by atoms with Crippen LogP contribution >= 0.6 is 0 Å². The largest absolute Gasteiger partial charge is 0.484 e. The molecule has 0 spiro atoms. The fourth-order valence-corrected chi connectivity index (χ4v) is 2.23. The standard InChI is InChI=1S/C15H21FN2O3/c1-10(17)13-3-2-12(8-14(13)16)21-9-15(19)18-11-4-6-20-7-5-11/h2-3,8,10-11H,4-7,9,17H2,1H3,(H,18,19)/t10-/m0/s1. The van der Waals surface area contributed by atoms with Gasteiger partial charge in [-0.3, -0.25) is 4.79 Å². The first-order chi connectivity index (χ1) is 10.1. The Bertz CT molecular complexity index is 488. The molecule has 1 aliphatic heterocycles. The van der Waals surface area contributed by atoms with Crippen LogP contribution in [0.2, 0.25) is 0 Å². The van der Waals surface area contributed by atoms with Crippen molar-refractivity contribution in [1.29, 1.82) is 0 Å². The number of halogens is 1. The molecule has 1 fully saturated rings. The second kappa shape index (κ2) is 7.38. The van der Waals surface area contributed by atoms with E-state index in [4.69, 9.17) is 15.2 Å². The zero-order valence-corrected chi connectivity index (χ0v) is 12.1. The minimum atomic E-state index is -0.424. The summed E-state index contributed by atoms with van der Waals surface area (Å²) in [5.74, 6) is -0.315. The maximum atomic E-state index is 13.7. The van der Waals surface area contributed by atoms with Crippen LogP contribution in [-0.2, 0) is 9.53 Å². The average molecular weight is 296 g/mol. The molecule has 1 saturated heterocycles. The van der Waals surface area contributed by atoms with Gasteiger partial charge in [0, 0.05) is 36.9 Å². The molecule has 1 aliphatic rings. The second-order valence-electron chi connectivity index (χ2n) is 5.21. The molecule has 1 aromatic rings. The van der Waals surface area contributed by atoms with Crippen molar-refractivity contribution in [3.63, 3.8) is 0 Å². The third-order valence-corrected chi connectivity index (χ3v) is 3.42. The van der Waals surface area contributed by atoms with E-state index < -0.39 is 5.82 Å². The van der Waals surface area contributed by atoms with E-state index in [1.165, 1.54) is 6.07 Å². The first-order valence-electron chi connectivity index (χ1n) is 7.11. The highest BCUT2D eigenvalue weighted by atomic mass is 19.1. The fourth-order valence-electron chi connectivity index (χ4n) is 2.23. The highest BCUT2D eigenvalue weighted by molar-refractivity contribution is 5.77. The smallest absolute Gasteiger partial charge is 0.258 e. The van der Waals surface area contributed by atoms with Crippen LogP contribution in [-0.4, -0.2) is 31.8 Å². The van der Waals surface area contributed by atoms with E-state index in [2.05, 4.69) is 5.32 Å². The summed E-state index contributed by atoms with van der Waals surface area (Å²) < 4.78 is 24.2. The van der Waals surface area contributed by atoms with Gasteiger partial charge < -0.3 is 20.5 Å². The molecule has 1 atom stereocenters. The van der Waals surface area contributed by atoms with Gasteiger partial charge in [0.05, 0.1) is 0 Å². The van der Waals surface area contributed by atoms with Crippen LogP contribution in [0.15, 0.2) is 18.2 Å². The predicted octanol–water partition coefficient (Wildman–Crippen LogP) is 1.52. The van der Waals surface area contributed by atoms with Crippen molar-refractivity contribution < 1.29 is 18.7 Å². The van der Waals surface area contributed by atoms with Gasteiger partial charge in [0.2, 0.25) is 0 Å². The maximum Gasteiger partial charge on any atom is 0.258 e. The van der Waals surface area contributed by atoms with Crippen LogP contribution in [0.1, 0.15) is 31.4 Å². The molecule has 0 aromatic heterocycles. The van der Waals surface area contributed by atoms with Gasteiger partial charge in [-0.25, -0.2) is 4.39 Å². The Morgan fingerprint density at radius 3 is 2.86 bits per heavy atom. The Hall–Kier alpha value is -1.66. The van der Waals surface area contributed by atoms with Crippen molar-refractivity contribution in [3.8, 4) is 5.75 Å². The Kier molecular flexibility index (Phi) is 5.52. The summed E-state index contributed by atoms with van der Waals surface area (Å²) in [6.07, 6.45) is 1.62. The van der Waals surface area contributed by atoms with E-state index in [0.717, 1.165) is 12.8 Å². The number of nitrogens with one attached hydrogen (secondary N) is 1. The summed E-state index contributed by atoms with van der Waals surface area (Å²) in [4.78, 5) is 11.8. The van der Waals surface area contributed by atoms with Gasteiger partial charge in [-0.15, -0.1) is 0 Å². The fraction of sp³-hybridized carbons (Fsp3) is 0.533. The summed E-state index contributed by atoms with van der Waals surface area (Å²) in [5.41, 5.74) is 6.06. The first-order valence-corrected chi connectivity index (χ1v) is 7.11. The summed E-state index contributed by atoms with van der Waals surface area (Å²) in [5, 5.41) is 2.88. The number of hydrogen-bond donors (Lipinski definition) is 2. The molecule has 1 amide bonds. The lowest BCUT2D eigenvalue weighted by molar-refractivity contribution is -0.124. The SMILES string of the molecule is C[C@H](N)c1ccc(OCC(=O)NC2CCOCC2)cc1F. The Morgan fingerprint density at radius 2 is 2.24 bits per heavy atom. The molecule has 2 rings (SSSR count). The number of amides is 1. The van der Waals surface area contributed by atoms with Gasteiger partial charge >= 0.3 is 0 Å². The average Bonchev–Trinajstić information content (AvgIpc) is 2.46. The zero-order chi connectivity index (χ0) is 15.2. The lowest BCUT2D eigenvalue weighted by Crippen LogP contribution is -2.41. The lowest BCUT2D eigenvalue weighted by Gasteiger charge is -2.23. The van der Waals surface area contributed by atoms with Crippen molar-refractivity contribution in [2.24, 2.45) is 5.73 Å². The first kappa shape index (κ1) is 15.7. The molecule has 0 unspecified atom stereocenters. The molecule has 1 aromatic carbocycles. The number of benzene rings is 1. The monoisotopic (exact) mass is 296 g/mol. The van der Waals surface area contributed by atoms with Crippen LogP contribution in [0.3, 0.4) is 0 Å². The molecule has 21 heavy (non-hydrogen) atoms. The topological polar surface area (TPSA) is 73.6 Å². The number of nitrogens with two attached hydrogens (primary N) is 1. The molecular weight excluding hydrogens is 275 g/mol. The van der Waals surface area contributed by atoms with Crippen LogP contribution < -0.4 is 15.8 Å². The molecule has 5 nitrogen and oxygen atoms in total. The van der Waals surface area contributed by atoms with Crippen molar-refractivity contribution in [2.75, 3.05) is 19.8 Å². The highest BCUT2D eigenvalue weighted by Crippen LogP contribution is 2.20. The zero-order valence-electron chi connectivity index (χ0n) is 12.1.